The topological polar surface area (TPSA) is 77.1 Å². The fourth-order valence-electron chi connectivity index (χ4n) is 3.66. The van der Waals surface area contributed by atoms with Crippen molar-refractivity contribution in [2.45, 2.75) is 38.9 Å². The van der Waals surface area contributed by atoms with Gasteiger partial charge in [0.05, 0.1) is 20.3 Å². The summed E-state index contributed by atoms with van der Waals surface area (Å²) < 4.78 is 16.6. The molecule has 2 heterocycles. The second-order valence-electron chi connectivity index (χ2n) is 7.88. The number of methoxy groups -OCH3 is 1. The van der Waals surface area contributed by atoms with Crippen LogP contribution in [0.15, 0.2) is 24.3 Å². The zero-order chi connectivity index (χ0) is 20.2. The van der Waals surface area contributed by atoms with Crippen molar-refractivity contribution in [1.82, 2.24) is 10.2 Å². The Morgan fingerprint density at radius 3 is 2.32 bits per heavy atom. The predicted octanol–water partition coefficient (Wildman–Crippen LogP) is 1.75. The Labute approximate surface area is 166 Å². The van der Waals surface area contributed by atoms with Crippen LogP contribution in [0.4, 0.5) is 0 Å². The minimum absolute atomic E-state index is 0.151. The summed E-state index contributed by atoms with van der Waals surface area (Å²) in [7, 11) is 1.63. The molecule has 7 heteroatoms. The van der Waals surface area contributed by atoms with Crippen LogP contribution < -0.4 is 10.1 Å². The van der Waals surface area contributed by atoms with Gasteiger partial charge >= 0.3 is 0 Å². The molecule has 2 aliphatic heterocycles. The molecule has 0 atom stereocenters. The van der Waals surface area contributed by atoms with E-state index in [0.717, 1.165) is 11.3 Å². The number of amides is 2. The lowest BCUT2D eigenvalue weighted by atomic mass is 9.89. The summed E-state index contributed by atoms with van der Waals surface area (Å²) in [4.78, 5) is 27.3. The van der Waals surface area contributed by atoms with Crippen molar-refractivity contribution in [2.24, 2.45) is 5.41 Å². The van der Waals surface area contributed by atoms with Gasteiger partial charge in [-0.1, -0.05) is 12.1 Å². The van der Waals surface area contributed by atoms with E-state index in [-0.39, 0.29) is 11.8 Å². The Balaban J connectivity index is 1.48. The van der Waals surface area contributed by atoms with E-state index in [1.807, 2.05) is 24.3 Å². The molecule has 0 radical (unpaired) electrons. The van der Waals surface area contributed by atoms with Gasteiger partial charge in [0.15, 0.2) is 5.79 Å². The molecule has 1 aromatic rings. The molecule has 3 rings (SSSR count). The van der Waals surface area contributed by atoms with Crippen LogP contribution in [0.5, 0.6) is 5.75 Å². The maximum atomic E-state index is 12.9. The van der Waals surface area contributed by atoms with E-state index in [2.05, 4.69) is 5.32 Å². The molecule has 154 valence electrons. The van der Waals surface area contributed by atoms with Gasteiger partial charge in [0.2, 0.25) is 11.8 Å². The van der Waals surface area contributed by atoms with E-state index in [1.54, 1.807) is 25.9 Å². The largest absolute Gasteiger partial charge is 0.497 e. The Bertz CT molecular complexity index is 685. The van der Waals surface area contributed by atoms with Crippen LogP contribution in [0.2, 0.25) is 0 Å². The lowest BCUT2D eigenvalue weighted by molar-refractivity contribution is -0.189. The minimum atomic E-state index is -1.11. The van der Waals surface area contributed by atoms with E-state index in [0.29, 0.717) is 52.1 Å². The first-order valence-electron chi connectivity index (χ1n) is 9.85. The van der Waals surface area contributed by atoms with Gasteiger partial charge in [0, 0.05) is 32.5 Å². The highest BCUT2D eigenvalue weighted by Crippen LogP contribution is 2.33. The minimum Gasteiger partial charge on any atom is -0.497 e. The van der Waals surface area contributed by atoms with Crippen LogP contribution in [-0.2, 0) is 25.5 Å². The Morgan fingerprint density at radius 2 is 1.75 bits per heavy atom. The van der Waals surface area contributed by atoms with Crippen molar-refractivity contribution in [3.05, 3.63) is 29.8 Å². The number of hydrogen-bond acceptors (Lipinski definition) is 5. The lowest BCUT2D eigenvalue weighted by Crippen LogP contribution is -2.54. The summed E-state index contributed by atoms with van der Waals surface area (Å²) in [6.07, 6.45) is 1.99. The second-order valence-corrected chi connectivity index (χ2v) is 7.88. The predicted molar refractivity (Wildman–Crippen MR) is 104 cm³/mol. The van der Waals surface area contributed by atoms with E-state index >= 15 is 0 Å². The molecular weight excluding hydrogens is 360 g/mol. The third-order valence-electron chi connectivity index (χ3n) is 5.59. The van der Waals surface area contributed by atoms with Gasteiger partial charge in [-0.25, -0.2) is 0 Å². The van der Waals surface area contributed by atoms with Gasteiger partial charge in [0.1, 0.15) is 11.2 Å². The molecule has 28 heavy (non-hydrogen) atoms. The first-order valence-corrected chi connectivity index (χ1v) is 9.85. The highest BCUT2D eigenvalue weighted by Gasteiger charge is 2.45. The van der Waals surface area contributed by atoms with Gasteiger partial charge in [-0.2, -0.15) is 0 Å². The van der Waals surface area contributed by atoms with Crippen LogP contribution in [-0.4, -0.2) is 62.5 Å². The summed E-state index contributed by atoms with van der Waals surface area (Å²) in [5.41, 5.74) is -0.00921. The van der Waals surface area contributed by atoms with E-state index in [9.17, 15) is 9.59 Å². The van der Waals surface area contributed by atoms with Gasteiger partial charge in [0.25, 0.3) is 0 Å². The van der Waals surface area contributed by atoms with Crippen molar-refractivity contribution in [2.75, 3.05) is 40.0 Å². The SMILES string of the molecule is COc1ccc(CCNC(=O)C(C)(C)C(=O)N2CCC3(CC2)OCCO3)cc1. The summed E-state index contributed by atoms with van der Waals surface area (Å²) in [5, 5.41) is 2.90. The number of carbonyl (C=O) groups is 2. The molecule has 0 aliphatic carbocycles. The summed E-state index contributed by atoms with van der Waals surface area (Å²) >= 11 is 0. The fourth-order valence-corrected chi connectivity index (χ4v) is 3.66. The average molecular weight is 390 g/mol. The zero-order valence-electron chi connectivity index (χ0n) is 17.0. The number of hydrogen-bond donors (Lipinski definition) is 1. The first kappa shape index (κ1) is 20.6. The van der Waals surface area contributed by atoms with Crippen molar-refractivity contribution < 1.29 is 23.8 Å². The molecule has 0 aromatic heterocycles. The second kappa shape index (κ2) is 8.49. The molecular formula is C21H30N2O5. The molecule has 0 bridgehead atoms. The van der Waals surface area contributed by atoms with Crippen molar-refractivity contribution in [3.8, 4) is 5.75 Å². The number of ether oxygens (including phenoxy) is 3. The Morgan fingerprint density at radius 1 is 1.14 bits per heavy atom. The standard InChI is InChI=1S/C21H30N2O5/c1-20(2,18(24)22-11-8-16-4-6-17(26-3)7-5-16)19(25)23-12-9-21(10-13-23)27-14-15-28-21/h4-7H,8-15H2,1-3H3,(H,22,24). The summed E-state index contributed by atoms with van der Waals surface area (Å²) in [6, 6.07) is 7.73. The third-order valence-corrected chi connectivity index (χ3v) is 5.59. The number of rotatable bonds is 6. The van der Waals surface area contributed by atoms with Gasteiger partial charge in [-0.05, 0) is 38.0 Å². The summed E-state index contributed by atoms with van der Waals surface area (Å²) in [5.74, 6) is -0.125. The van der Waals surface area contributed by atoms with Crippen LogP contribution in [0.3, 0.4) is 0 Å². The quantitative estimate of drug-likeness (QED) is 0.749. The van der Waals surface area contributed by atoms with Gasteiger partial charge < -0.3 is 24.4 Å². The molecule has 1 aromatic carbocycles. The molecule has 2 aliphatic rings. The highest BCUT2D eigenvalue weighted by atomic mass is 16.7. The summed E-state index contributed by atoms with van der Waals surface area (Å²) in [6.45, 7) is 6.15. The Kier molecular flexibility index (Phi) is 6.25. The smallest absolute Gasteiger partial charge is 0.237 e. The van der Waals surface area contributed by atoms with E-state index in [4.69, 9.17) is 14.2 Å². The average Bonchev–Trinajstić information content (AvgIpc) is 3.16. The highest BCUT2D eigenvalue weighted by molar-refractivity contribution is 6.04. The molecule has 2 amide bonds. The zero-order valence-corrected chi connectivity index (χ0v) is 17.0. The van der Waals surface area contributed by atoms with Gasteiger partial charge in [-0.15, -0.1) is 0 Å². The molecule has 0 unspecified atom stereocenters. The molecule has 7 nitrogen and oxygen atoms in total. The van der Waals surface area contributed by atoms with E-state index in [1.165, 1.54) is 0 Å². The number of nitrogens with zero attached hydrogens (tertiary/aromatic N) is 1. The molecule has 2 fully saturated rings. The van der Waals surface area contributed by atoms with Crippen LogP contribution >= 0.6 is 0 Å². The third kappa shape index (κ3) is 4.47. The first-order chi connectivity index (χ1) is 13.4. The van der Waals surface area contributed by atoms with Crippen molar-refractivity contribution >= 4 is 11.8 Å². The lowest BCUT2D eigenvalue weighted by Gasteiger charge is -2.40. The van der Waals surface area contributed by atoms with E-state index < -0.39 is 11.2 Å². The monoisotopic (exact) mass is 390 g/mol. The van der Waals surface area contributed by atoms with Crippen LogP contribution in [0.1, 0.15) is 32.3 Å². The Hall–Kier alpha value is -2.12. The number of benzene rings is 1. The normalized spacial score (nSPS) is 18.9. The maximum absolute atomic E-state index is 12.9. The van der Waals surface area contributed by atoms with Crippen molar-refractivity contribution in [3.63, 3.8) is 0 Å². The number of carbonyl (C=O) groups excluding carboxylic acids is 2. The molecule has 1 spiro atoms. The molecule has 0 saturated carbocycles. The van der Waals surface area contributed by atoms with Crippen LogP contribution in [0.25, 0.3) is 0 Å². The van der Waals surface area contributed by atoms with Crippen LogP contribution in [0, 0.1) is 5.41 Å². The molecule has 2 saturated heterocycles. The van der Waals surface area contributed by atoms with Crippen molar-refractivity contribution in [1.29, 1.82) is 0 Å². The van der Waals surface area contributed by atoms with Gasteiger partial charge in [-0.3, -0.25) is 9.59 Å². The fraction of sp³-hybridized carbons (Fsp3) is 0.619. The molecule has 1 N–H and O–H groups in total. The number of likely N-dealkylation sites (tertiary alicyclic amines) is 1. The number of piperidine rings is 1. The number of nitrogens with one attached hydrogen (secondary N) is 1. The maximum Gasteiger partial charge on any atom is 0.237 e.